The minimum Gasteiger partial charge on any atom is -0.293 e. The Hall–Kier alpha value is -2.24. The van der Waals surface area contributed by atoms with E-state index in [0.29, 0.717) is 11.5 Å². The Balaban J connectivity index is 1.27. The number of rotatable bonds is 3. The Bertz CT molecular complexity index is 932. The van der Waals surface area contributed by atoms with Crippen molar-refractivity contribution in [2.45, 2.75) is 63.8 Å². The van der Waals surface area contributed by atoms with E-state index in [1.807, 2.05) is 16.8 Å². The average Bonchev–Trinajstić information content (AvgIpc) is 3.10. The highest BCUT2D eigenvalue weighted by Gasteiger charge is 2.54. The second kappa shape index (κ2) is 6.38. The van der Waals surface area contributed by atoms with Crippen LogP contribution in [-0.4, -0.2) is 20.7 Å². The molecule has 0 saturated heterocycles. The van der Waals surface area contributed by atoms with Crippen LogP contribution in [0.2, 0.25) is 0 Å². The third-order valence-corrected chi connectivity index (χ3v) is 7.90. The Labute approximate surface area is 170 Å². The monoisotopic (exact) mass is 394 g/mol. The minimum atomic E-state index is -0.217. The van der Waals surface area contributed by atoms with Crippen LogP contribution in [0, 0.1) is 29.0 Å². The van der Waals surface area contributed by atoms with Gasteiger partial charge < -0.3 is 0 Å². The molecule has 1 amide bonds. The number of hydrogen-bond acceptors (Lipinski definition) is 3. The van der Waals surface area contributed by atoms with E-state index in [1.54, 1.807) is 6.07 Å². The summed E-state index contributed by atoms with van der Waals surface area (Å²) in [6, 6.07) is 6.91. The zero-order valence-corrected chi connectivity index (χ0v) is 16.6. The molecule has 2 heterocycles. The fourth-order valence-electron chi connectivity index (χ4n) is 7.08. The molecule has 2 aromatic rings. The number of nitrogens with zero attached hydrogens (tertiary/aromatic N) is 3. The van der Waals surface area contributed by atoms with E-state index in [1.165, 1.54) is 25.3 Å². The molecular weight excluding hydrogens is 367 g/mol. The fraction of sp³-hybridized carbons (Fsp3) is 0.609. The summed E-state index contributed by atoms with van der Waals surface area (Å²) in [4.78, 5) is 18.0. The van der Waals surface area contributed by atoms with Gasteiger partial charge in [0.2, 0.25) is 11.9 Å². The predicted molar refractivity (Wildman–Crippen MR) is 107 cm³/mol. The second-order valence-corrected chi connectivity index (χ2v) is 9.89. The smallest absolute Gasteiger partial charge is 0.249 e. The normalized spacial score (nSPS) is 34.8. The number of benzene rings is 1. The van der Waals surface area contributed by atoms with E-state index in [9.17, 15) is 9.18 Å². The first kappa shape index (κ1) is 17.6. The van der Waals surface area contributed by atoms with Crippen LogP contribution < -0.4 is 5.32 Å². The highest BCUT2D eigenvalue weighted by Crippen LogP contribution is 2.60. The summed E-state index contributed by atoms with van der Waals surface area (Å²) >= 11 is 0. The molecule has 4 bridgehead atoms. The van der Waals surface area contributed by atoms with Gasteiger partial charge in [0.25, 0.3) is 0 Å². The highest BCUT2D eigenvalue weighted by molar-refractivity contribution is 5.94. The summed E-state index contributed by atoms with van der Waals surface area (Å²) in [5.41, 5.74) is 0.450. The first-order valence-electron chi connectivity index (χ1n) is 11.1. The molecule has 6 heteroatoms. The molecule has 1 N–H and O–H groups in total. The highest BCUT2D eigenvalue weighted by atomic mass is 19.1. The van der Waals surface area contributed by atoms with E-state index in [2.05, 4.69) is 15.4 Å². The molecule has 1 unspecified atom stereocenters. The lowest BCUT2D eigenvalue weighted by Crippen LogP contribution is -2.51. The lowest BCUT2D eigenvalue weighted by Gasteiger charge is -2.55. The summed E-state index contributed by atoms with van der Waals surface area (Å²) in [5.74, 6) is 3.13. The summed E-state index contributed by atoms with van der Waals surface area (Å²) < 4.78 is 16.2. The van der Waals surface area contributed by atoms with Crippen molar-refractivity contribution in [1.82, 2.24) is 14.8 Å². The number of carbonyl (C=O) groups excluding carboxylic acids is 1. The van der Waals surface area contributed by atoms with Crippen molar-refractivity contribution in [2.24, 2.45) is 23.2 Å². The van der Waals surface area contributed by atoms with Crippen LogP contribution in [0.15, 0.2) is 24.3 Å². The minimum absolute atomic E-state index is 0.109. The molecule has 5 nitrogen and oxygen atoms in total. The van der Waals surface area contributed by atoms with Crippen molar-refractivity contribution < 1.29 is 9.18 Å². The molecule has 152 valence electrons. The van der Waals surface area contributed by atoms with Crippen molar-refractivity contribution in [3.05, 3.63) is 41.5 Å². The van der Waals surface area contributed by atoms with E-state index in [0.717, 1.165) is 62.2 Å². The molecule has 1 atom stereocenters. The lowest BCUT2D eigenvalue weighted by atomic mass is 9.49. The number of aromatic nitrogens is 3. The van der Waals surface area contributed by atoms with Crippen LogP contribution >= 0.6 is 0 Å². The van der Waals surface area contributed by atoms with Crippen molar-refractivity contribution in [3.8, 4) is 0 Å². The number of nitrogens with one attached hydrogen (secondary N) is 1. The number of aryl methyl sites for hydroxylation is 1. The van der Waals surface area contributed by atoms with Crippen molar-refractivity contribution >= 4 is 11.9 Å². The molecule has 4 saturated carbocycles. The van der Waals surface area contributed by atoms with E-state index in [-0.39, 0.29) is 23.1 Å². The lowest BCUT2D eigenvalue weighted by molar-refractivity contribution is -0.140. The zero-order chi connectivity index (χ0) is 19.6. The first-order chi connectivity index (χ1) is 14.1. The van der Waals surface area contributed by atoms with Gasteiger partial charge in [-0.3, -0.25) is 10.1 Å². The quantitative estimate of drug-likeness (QED) is 0.834. The molecule has 0 radical (unpaired) electrons. The fourth-order valence-corrected chi connectivity index (χ4v) is 7.08. The van der Waals surface area contributed by atoms with Crippen LogP contribution in [0.1, 0.15) is 68.7 Å². The number of fused-ring (bicyclic) bond motifs is 1. The topological polar surface area (TPSA) is 59.8 Å². The maximum Gasteiger partial charge on any atom is 0.249 e. The summed E-state index contributed by atoms with van der Waals surface area (Å²) in [7, 11) is 0. The van der Waals surface area contributed by atoms with E-state index in [4.69, 9.17) is 0 Å². The predicted octanol–water partition coefficient (Wildman–Crippen LogP) is 4.50. The second-order valence-electron chi connectivity index (χ2n) is 9.89. The van der Waals surface area contributed by atoms with Crippen molar-refractivity contribution in [1.29, 1.82) is 0 Å². The Kier molecular flexibility index (Phi) is 3.87. The van der Waals surface area contributed by atoms with Gasteiger partial charge >= 0.3 is 0 Å². The summed E-state index contributed by atoms with van der Waals surface area (Å²) in [5, 5.41) is 7.64. The van der Waals surface area contributed by atoms with Gasteiger partial charge in [0.15, 0.2) is 0 Å². The standard InChI is InChI=1S/C23H27FN4O/c24-19-6-2-1-4-17(19)18-5-3-7-28-20(18)25-22(27-28)26-21(29)23-11-14-8-15(12-23)10-16(9-14)13-23/h1-2,4,6,14-16,18H,3,5,7-13H2,(H,26,27,29). The van der Waals surface area contributed by atoms with Gasteiger partial charge in [0.1, 0.15) is 11.6 Å². The average molecular weight is 394 g/mol. The molecule has 29 heavy (non-hydrogen) atoms. The van der Waals surface area contributed by atoms with Gasteiger partial charge in [-0.2, -0.15) is 4.98 Å². The van der Waals surface area contributed by atoms with Gasteiger partial charge in [-0.05, 0) is 80.8 Å². The van der Waals surface area contributed by atoms with Gasteiger partial charge in [-0.15, -0.1) is 5.10 Å². The number of halogens is 1. The maximum atomic E-state index is 14.4. The Morgan fingerprint density at radius 2 is 1.79 bits per heavy atom. The van der Waals surface area contributed by atoms with Crippen LogP contribution in [0.25, 0.3) is 0 Å². The summed E-state index contributed by atoms with van der Waals surface area (Å²) in [6.45, 7) is 0.764. The molecule has 5 aliphatic rings. The van der Waals surface area contributed by atoms with E-state index >= 15 is 0 Å². The molecule has 4 fully saturated rings. The largest absolute Gasteiger partial charge is 0.293 e. The van der Waals surface area contributed by atoms with Gasteiger partial charge in [-0.1, -0.05) is 18.2 Å². The van der Waals surface area contributed by atoms with Crippen LogP contribution in [0.4, 0.5) is 10.3 Å². The SMILES string of the molecule is O=C(Nc1nc2n(n1)CCCC2c1ccccc1F)C12CC3CC(CC(C3)C1)C2. The molecule has 1 aromatic carbocycles. The first-order valence-corrected chi connectivity index (χ1v) is 11.1. The van der Waals surface area contributed by atoms with Gasteiger partial charge in [0.05, 0.1) is 5.41 Å². The Morgan fingerprint density at radius 3 is 2.48 bits per heavy atom. The molecule has 7 rings (SSSR count). The Morgan fingerprint density at radius 1 is 1.10 bits per heavy atom. The van der Waals surface area contributed by atoms with Crippen molar-refractivity contribution in [3.63, 3.8) is 0 Å². The van der Waals surface area contributed by atoms with Gasteiger partial charge in [0, 0.05) is 12.5 Å². The van der Waals surface area contributed by atoms with Crippen LogP contribution in [0.3, 0.4) is 0 Å². The molecule has 1 aromatic heterocycles. The molecule has 4 aliphatic carbocycles. The molecular formula is C23H27FN4O. The number of anilines is 1. The van der Waals surface area contributed by atoms with Crippen LogP contribution in [-0.2, 0) is 11.3 Å². The van der Waals surface area contributed by atoms with E-state index < -0.39 is 0 Å². The molecule has 0 spiro atoms. The van der Waals surface area contributed by atoms with Gasteiger partial charge in [-0.25, -0.2) is 9.07 Å². The number of amides is 1. The zero-order valence-electron chi connectivity index (χ0n) is 16.6. The third-order valence-electron chi connectivity index (χ3n) is 7.90. The van der Waals surface area contributed by atoms with Crippen LogP contribution in [0.5, 0.6) is 0 Å². The summed E-state index contributed by atoms with van der Waals surface area (Å²) in [6.07, 6.45) is 8.79. The molecule has 1 aliphatic heterocycles. The third kappa shape index (κ3) is 2.82. The maximum absolute atomic E-state index is 14.4. The van der Waals surface area contributed by atoms with Crippen molar-refractivity contribution in [2.75, 3.05) is 5.32 Å². The number of hydrogen-bond donors (Lipinski definition) is 1. The number of carbonyl (C=O) groups is 1.